The monoisotopic (exact) mass is 1310 g/mol. The van der Waals surface area contributed by atoms with E-state index in [1.54, 1.807) is 11.8 Å². The van der Waals surface area contributed by atoms with Gasteiger partial charge in [0.1, 0.15) is 36.6 Å². The summed E-state index contributed by atoms with van der Waals surface area (Å²) in [5.74, 6) is 0.592. The molecule has 1 saturated heterocycles. The molecule has 486 valence electrons. The highest BCUT2D eigenvalue weighted by Crippen LogP contribution is 2.39. The van der Waals surface area contributed by atoms with Crippen molar-refractivity contribution in [2.24, 2.45) is 0 Å². The van der Waals surface area contributed by atoms with Crippen molar-refractivity contribution in [3.05, 3.63) is 312 Å². The summed E-state index contributed by atoms with van der Waals surface area (Å²) in [6, 6.07) is 90.6. The van der Waals surface area contributed by atoms with E-state index in [4.69, 9.17) is 46.5 Å². The molecule has 0 amide bonds. The molecular weight excluding hydrogens is 1220 g/mol. The van der Waals surface area contributed by atoms with E-state index >= 15 is 0 Å². The van der Waals surface area contributed by atoms with Crippen LogP contribution in [0.25, 0.3) is 0 Å². The Balaban J connectivity index is 1.05. The van der Waals surface area contributed by atoms with Crippen molar-refractivity contribution >= 4 is 40.6 Å². The van der Waals surface area contributed by atoms with Crippen LogP contribution in [0.1, 0.15) is 59.7 Å². The van der Waals surface area contributed by atoms with Crippen LogP contribution in [0.2, 0.25) is 5.04 Å². The molecule has 0 spiro atoms. The minimum atomic E-state index is -4.17. The molecule has 1 aliphatic rings. The van der Waals surface area contributed by atoms with Gasteiger partial charge >= 0.3 is 0 Å². The van der Waals surface area contributed by atoms with Gasteiger partial charge in [-0.2, -0.15) is 20.2 Å². The van der Waals surface area contributed by atoms with E-state index in [0.29, 0.717) is 5.75 Å². The third-order valence-electron chi connectivity index (χ3n) is 16.4. The predicted molar refractivity (Wildman–Crippen MR) is 371 cm³/mol. The number of hydrogen-bond donors (Lipinski definition) is 0. The quantitative estimate of drug-likeness (QED) is 0.0277. The number of thioether (sulfide) groups is 1. The Morgan fingerprint density at radius 3 is 1.15 bits per heavy atom. The SMILES string of the molecule is CC(C)(C)[Si](OC[C@H](OS(C)(=O)=O)[C@@H](OCc1ccccc1)[C@@H](CSC[C@@H](OCc1ccccc1)[C@H]1O[C@@H](OCc2ccccc2)[C@H](OCc2ccccc2)[C@@H](OCc2ccccc2)[C@H]1OCc1ccccc1)OCc1ccccc1)(c1ccccc1)c1ccccc1. The molecule has 1 fully saturated rings. The van der Waals surface area contributed by atoms with E-state index in [1.807, 2.05) is 249 Å². The molecule has 0 aliphatic carbocycles. The lowest BCUT2D eigenvalue weighted by Gasteiger charge is -2.48. The average Bonchev–Trinajstić information content (AvgIpc) is 0.782. The first-order valence-corrected chi connectivity index (χ1v) is 36.7. The van der Waals surface area contributed by atoms with Crippen LogP contribution in [0.3, 0.4) is 0 Å². The van der Waals surface area contributed by atoms with E-state index in [9.17, 15) is 8.42 Å². The van der Waals surface area contributed by atoms with Gasteiger partial charge in [0, 0.05) is 11.5 Å². The highest BCUT2D eigenvalue weighted by molar-refractivity contribution is 7.99. The van der Waals surface area contributed by atoms with Gasteiger partial charge in [0.15, 0.2) is 6.29 Å². The van der Waals surface area contributed by atoms with Gasteiger partial charge in [-0.15, -0.1) is 0 Å². The lowest BCUT2D eigenvalue weighted by Crippen LogP contribution is -2.67. The Morgan fingerprint density at radius 1 is 0.409 bits per heavy atom. The van der Waals surface area contributed by atoms with Crippen LogP contribution in [0.5, 0.6) is 0 Å². The molecule has 93 heavy (non-hydrogen) atoms. The first kappa shape index (κ1) is 68.9. The second-order valence-electron chi connectivity index (χ2n) is 24.3. The molecule has 0 radical (unpaired) electrons. The molecule has 0 aromatic heterocycles. The molecule has 0 bridgehead atoms. The lowest BCUT2D eigenvalue weighted by molar-refractivity contribution is -0.337. The second kappa shape index (κ2) is 35.0. The van der Waals surface area contributed by atoms with Crippen molar-refractivity contribution in [2.75, 3.05) is 24.4 Å². The molecule has 0 saturated carbocycles. The number of rotatable bonds is 35. The smallest absolute Gasteiger partial charge is 0.264 e. The van der Waals surface area contributed by atoms with E-state index in [0.717, 1.165) is 55.6 Å². The van der Waals surface area contributed by atoms with Crippen LogP contribution >= 0.6 is 11.8 Å². The van der Waals surface area contributed by atoms with Crippen molar-refractivity contribution in [1.29, 1.82) is 0 Å². The highest BCUT2D eigenvalue weighted by Gasteiger charge is 2.53. The average molecular weight is 1310 g/mol. The van der Waals surface area contributed by atoms with Gasteiger partial charge in [0.2, 0.25) is 0 Å². The normalized spacial score (nSPS) is 18.3. The van der Waals surface area contributed by atoms with Gasteiger partial charge in [0.25, 0.3) is 18.4 Å². The van der Waals surface area contributed by atoms with Crippen LogP contribution in [0.15, 0.2) is 273 Å². The zero-order valence-electron chi connectivity index (χ0n) is 53.5. The van der Waals surface area contributed by atoms with Crippen LogP contribution in [0.4, 0.5) is 0 Å². The van der Waals surface area contributed by atoms with Gasteiger partial charge in [-0.1, -0.05) is 294 Å². The summed E-state index contributed by atoms with van der Waals surface area (Å²) in [5.41, 5.74) is 6.62. The fourth-order valence-corrected chi connectivity index (χ4v) is 18.2. The Morgan fingerprint density at radius 2 is 0.753 bits per heavy atom. The summed E-state index contributed by atoms with van der Waals surface area (Å²) in [5, 5.41) is 1.61. The van der Waals surface area contributed by atoms with Gasteiger partial charge in [-0.05, 0) is 54.4 Å². The lowest BCUT2D eigenvalue weighted by atomic mass is 9.94. The minimum absolute atomic E-state index is 0.117. The van der Waals surface area contributed by atoms with Crippen molar-refractivity contribution in [2.45, 2.75) is 127 Å². The van der Waals surface area contributed by atoms with Crippen LogP contribution in [-0.4, -0.2) is 96.2 Å². The highest BCUT2D eigenvalue weighted by atomic mass is 32.2. The number of hydrogen-bond acceptors (Lipinski definition) is 13. The largest absolute Gasteiger partial charge is 0.405 e. The molecule has 12 nitrogen and oxygen atoms in total. The van der Waals surface area contributed by atoms with Gasteiger partial charge < -0.3 is 42.3 Å². The van der Waals surface area contributed by atoms with Crippen molar-refractivity contribution in [3.8, 4) is 0 Å². The molecule has 0 unspecified atom stereocenters. The van der Waals surface area contributed by atoms with E-state index < -0.39 is 78.6 Å². The standard InChI is InChI=1S/C78H86O12S2Si/c1-78(2,3)93(67-46-28-12-29-47-67,68-48-30-13-31-49-68)88-57-69(90-92(4,79)80)72(83-52-62-36-18-7-19-37-62)70(81-50-60-32-14-5-15-33-60)58-91-59-71(82-51-61-34-16-6-17-35-61)73-74(84-53-63-38-20-8-21-39-63)75(85-54-64-40-22-9-23-41-64)76(86-55-65-42-24-10-25-43-65)77(89-73)87-56-66-44-26-11-27-45-66/h5-49,69-77H,50-59H2,1-4H3/t69-,70+,71+,72+,73+,74-,75-,76+,77+/m0/s1. The maximum Gasteiger partial charge on any atom is 0.264 e. The Labute approximate surface area is 555 Å². The Hall–Kier alpha value is -6.90. The second-order valence-corrected chi connectivity index (χ2v) is 31.3. The first-order valence-electron chi connectivity index (χ1n) is 31.8. The fourth-order valence-electron chi connectivity index (χ4n) is 11.8. The van der Waals surface area contributed by atoms with E-state index in [-0.39, 0.29) is 58.6 Å². The zero-order chi connectivity index (χ0) is 64.6. The number of ether oxygens (including phenoxy) is 8. The Kier molecular flexibility index (Phi) is 26.0. The summed E-state index contributed by atoms with van der Waals surface area (Å²) in [6.45, 7) is 7.87. The third-order valence-corrected chi connectivity index (χ3v) is 23.1. The van der Waals surface area contributed by atoms with Crippen molar-refractivity contribution in [1.82, 2.24) is 0 Å². The molecule has 9 atom stereocenters. The summed E-state index contributed by atoms with van der Waals surface area (Å²) < 4.78 is 99.2. The maximum atomic E-state index is 13.9. The van der Waals surface area contributed by atoms with Gasteiger partial charge in [-0.25, -0.2) is 0 Å². The van der Waals surface area contributed by atoms with E-state index in [2.05, 4.69) is 45.0 Å². The zero-order valence-corrected chi connectivity index (χ0v) is 56.1. The molecule has 10 rings (SSSR count). The summed E-state index contributed by atoms with van der Waals surface area (Å²) in [7, 11) is -7.47. The first-order chi connectivity index (χ1) is 45.4. The van der Waals surface area contributed by atoms with Crippen LogP contribution in [0, 0.1) is 0 Å². The van der Waals surface area contributed by atoms with Crippen molar-refractivity contribution in [3.63, 3.8) is 0 Å². The molecule has 1 heterocycles. The molecule has 15 heteroatoms. The summed E-state index contributed by atoms with van der Waals surface area (Å²) >= 11 is 1.57. The Bertz CT molecular complexity index is 3600. The van der Waals surface area contributed by atoms with E-state index in [1.165, 1.54) is 0 Å². The third kappa shape index (κ3) is 20.3. The fraction of sp³-hybridized carbons (Fsp3) is 0.308. The molecule has 9 aromatic rings. The van der Waals surface area contributed by atoms with Crippen LogP contribution in [-0.2, 0) is 103 Å². The summed E-state index contributed by atoms with van der Waals surface area (Å²) in [6.07, 6.45) is -6.87. The van der Waals surface area contributed by atoms with Gasteiger partial charge in [0.05, 0.1) is 71.3 Å². The maximum absolute atomic E-state index is 13.9. The summed E-state index contributed by atoms with van der Waals surface area (Å²) in [4.78, 5) is 0. The van der Waals surface area contributed by atoms with Crippen LogP contribution < -0.4 is 10.4 Å². The molecule has 9 aromatic carbocycles. The minimum Gasteiger partial charge on any atom is -0.405 e. The number of benzene rings is 9. The van der Waals surface area contributed by atoms with Crippen molar-refractivity contribution < 1.29 is 54.9 Å². The molecular formula is C78H86O12S2Si. The van der Waals surface area contributed by atoms with Gasteiger partial charge in [-0.3, -0.25) is 4.18 Å². The predicted octanol–water partition coefficient (Wildman–Crippen LogP) is 14.1. The topological polar surface area (TPSA) is 126 Å². The molecule has 0 N–H and O–H groups in total. The molecule has 1 aliphatic heterocycles.